The minimum absolute atomic E-state index is 0.0758. The molecule has 0 amide bonds. The van der Waals surface area contributed by atoms with Crippen molar-refractivity contribution in [2.45, 2.75) is 31.2 Å². The second-order valence-corrected chi connectivity index (χ2v) is 6.78. The summed E-state index contributed by atoms with van der Waals surface area (Å²) in [4.78, 5) is 23.7. The van der Waals surface area contributed by atoms with Gasteiger partial charge in [0.05, 0.1) is 6.61 Å². The highest BCUT2D eigenvalue weighted by atomic mass is 17.2. The molecular weight excluding hydrogens is 348 g/mol. The lowest BCUT2D eigenvalue weighted by Gasteiger charge is -2.45. The molecule has 2 N–H and O–H groups in total. The van der Waals surface area contributed by atoms with E-state index in [0.29, 0.717) is 6.42 Å². The first-order valence-corrected chi connectivity index (χ1v) is 8.97. The van der Waals surface area contributed by atoms with Crippen molar-refractivity contribution in [3.63, 3.8) is 0 Å². The van der Waals surface area contributed by atoms with Crippen LogP contribution in [0.3, 0.4) is 0 Å². The molecule has 2 atom stereocenters. The van der Waals surface area contributed by atoms with Gasteiger partial charge in [-0.15, -0.1) is 0 Å². The van der Waals surface area contributed by atoms with Crippen LogP contribution in [0.25, 0.3) is 0 Å². The molecule has 0 saturated carbocycles. The summed E-state index contributed by atoms with van der Waals surface area (Å²) in [5.74, 6) is -3.39. The van der Waals surface area contributed by atoms with E-state index in [9.17, 15) is 9.90 Å². The highest BCUT2D eigenvalue weighted by molar-refractivity contribution is 5.74. The lowest BCUT2D eigenvalue weighted by Crippen LogP contribution is -2.53. The molecule has 1 aliphatic rings. The number of aliphatic hydroxyl groups is 2. The lowest BCUT2D eigenvalue weighted by molar-refractivity contribution is -0.489. The fourth-order valence-corrected chi connectivity index (χ4v) is 3.28. The van der Waals surface area contributed by atoms with Crippen LogP contribution in [0.4, 0.5) is 0 Å². The van der Waals surface area contributed by atoms with E-state index in [1.165, 1.54) is 6.92 Å². The Kier molecular flexibility index (Phi) is 5.92. The molecule has 2 unspecified atom stereocenters. The van der Waals surface area contributed by atoms with Crippen molar-refractivity contribution in [1.82, 2.24) is 0 Å². The minimum atomic E-state index is -1.83. The SMILES string of the molecule is CC1(O)OOC(c2ccccc2)(c2ccccc2)CC1C(=O)OCCCO. The average Bonchev–Trinajstić information content (AvgIpc) is 2.69. The van der Waals surface area contributed by atoms with Crippen molar-refractivity contribution < 1.29 is 29.5 Å². The molecular formula is C21H24O6. The van der Waals surface area contributed by atoms with E-state index in [0.717, 1.165) is 11.1 Å². The van der Waals surface area contributed by atoms with Crippen LogP contribution in [-0.4, -0.2) is 35.2 Å². The zero-order valence-corrected chi connectivity index (χ0v) is 15.2. The normalized spacial score (nSPS) is 24.3. The number of esters is 1. The Bertz CT molecular complexity index is 704. The second kappa shape index (κ2) is 8.19. The summed E-state index contributed by atoms with van der Waals surface area (Å²) in [6.45, 7) is 1.38. The zero-order chi connectivity index (χ0) is 19.3. The van der Waals surface area contributed by atoms with Gasteiger partial charge in [0.25, 0.3) is 0 Å². The number of benzene rings is 2. The number of carbonyl (C=O) groups excluding carboxylic acids is 1. The molecule has 6 heteroatoms. The fourth-order valence-electron chi connectivity index (χ4n) is 3.28. The Morgan fingerprint density at radius 1 is 1.07 bits per heavy atom. The van der Waals surface area contributed by atoms with Crippen molar-refractivity contribution in [3.05, 3.63) is 71.8 Å². The van der Waals surface area contributed by atoms with Crippen molar-refractivity contribution in [1.29, 1.82) is 0 Å². The lowest BCUT2D eigenvalue weighted by atomic mass is 9.76. The summed E-state index contributed by atoms with van der Waals surface area (Å²) < 4.78 is 5.23. The van der Waals surface area contributed by atoms with Gasteiger partial charge in [-0.3, -0.25) is 4.79 Å². The third-order valence-electron chi connectivity index (χ3n) is 4.80. The third kappa shape index (κ3) is 4.04. The van der Waals surface area contributed by atoms with E-state index in [1.807, 2.05) is 60.7 Å². The molecule has 1 saturated heterocycles. The highest BCUT2D eigenvalue weighted by Crippen LogP contribution is 2.47. The largest absolute Gasteiger partial charge is 0.465 e. The monoisotopic (exact) mass is 372 g/mol. The Labute approximate surface area is 158 Å². The summed E-state index contributed by atoms with van der Waals surface area (Å²) >= 11 is 0. The summed E-state index contributed by atoms with van der Waals surface area (Å²) in [5, 5.41) is 19.5. The zero-order valence-electron chi connectivity index (χ0n) is 15.2. The van der Waals surface area contributed by atoms with Crippen LogP contribution in [0.5, 0.6) is 0 Å². The minimum Gasteiger partial charge on any atom is -0.465 e. The quantitative estimate of drug-likeness (QED) is 0.460. The maximum atomic E-state index is 12.6. The maximum absolute atomic E-state index is 12.6. The van der Waals surface area contributed by atoms with E-state index < -0.39 is 23.3 Å². The van der Waals surface area contributed by atoms with Gasteiger partial charge in [-0.05, 0) is 18.1 Å². The first-order valence-electron chi connectivity index (χ1n) is 8.97. The average molecular weight is 372 g/mol. The van der Waals surface area contributed by atoms with Crippen molar-refractivity contribution in [2.24, 2.45) is 5.92 Å². The van der Waals surface area contributed by atoms with E-state index >= 15 is 0 Å². The summed E-state index contributed by atoms with van der Waals surface area (Å²) in [6.07, 6.45) is 0.479. The first kappa shape index (κ1) is 19.5. The van der Waals surface area contributed by atoms with Crippen LogP contribution in [-0.2, 0) is 24.9 Å². The van der Waals surface area contributed by atoms with Crippen LogP contribution < -0.4 is 0 Å². The fraction of sp³-hybridized carbons (Fsp3) is 0.381. The van der Waals surface area contributed by atoms with E-state index in [4.69, 9.17) is 19.6 Å². The Morgan fingerprint density at radius 3 is 2.15 bits per heavy atom. The third-order valence-corrected chi connectivity index (χ3v) is 4.80. The summed E-state index contributed by atoms with van der Waals surface area (Å²) in [6, 6.07) is 18.9. The van der Waals surface area contributed by atoms with Gasteiger partial charge in [-0.2, -0.15) is 4.89 Å². The smallest absolute Gasteiger partial charge is 0.314 e. The Hall–Kier alpha value is -2.25. The molecule has 27 heavy (non-hydrogen) atoms. The number of ether oxygens (including phenoxy) is 1. The van der Waals surface area contributed by atoms with Gasteiger partial charge in [0.2, 0.25) is 5.79 Å². The predicted molar refractivity (Wildman–Crippen MR) is 97.2 cm³/mol. The molecule has 1 aliphatic heterocycles. The molecule has 6 nitrogen and oxygen atoms in total. The van der Waals surface area contributed by atoms with Gasteiger partial charge in [0, 0.05) is 19.4 Å². The number of rotatable bonds is 6. The molecule has 1 heterocycles. The van der Waals surface area contributed by atoms with E-state index in [2.05, 4.69) is 0 Å². The van der Waals surface area contributed by atoms with Gasteiger partial charge in [0.1, 0.15) is 5.92 Å². The topological polar surface area (TPSA) is 85.2 Å². The molecule has 0 aliphatic carbocycles. The van der Waals surface area contributed by atoms with Gasteiger partial charge in [0.15, 0.2) is 5.60 Å². The van der Waals surface area contributed by atoms with Crippen molar-refractivity contribution >= 4 is 5.97 Å². The molecule has 0 aromatic heterocycles. The first-order chi connectivity index (χ1) is 13.0. The number of hydrogen-bond acceptors (Lipinski definition) is 6. The van der Waals surface area contributed by atoms with E-state index in [1.54, 1.807) is 0 Å². The van der Waals surface area contributed by atoms with Crippen LogP contribution >= 0.6 is 0 Å². The molecule has 2 aromatic carbocycles. The van der Waals surface area contributed by atoms with Crippen LogP contribution in [0.1, 0.15) is 30.9 Å². The number of carbonyl (C=O) groups is 1. The molecule has 0 bridgehead atoms. The van der Waals surface area contributed by atoms with Crippen LogP contribution in [0.15, 0.2) is 60.7 Å². The van der Waals surface area contributed by atoms with Gasteiger partial charge >= 0.3 is 5.97 Å². The van der Waals surface area contributed by atoms with Crippen LogP contribution in [0, 0.1) is 5.92 Å². The molecule has 0 spiro atoms. The van der Waals surface area contributed by atoms with Crippen LogP contribution in [0.2, 0.25) is 0 Å². The summed E-state index contributed by atoms with van der Waals surface area (Å²) in [7, 11) is 0. The Balaban J connectivity index is 1.98. The maximum Gasteiger partial charge on any atom is 0.314 e. The molecule has 144 valence electrons. The summed E-state index contributed by atoms with van der Waals surface area (Å²) in [5.41, 5.74) is 0.547. The standard InChI is InChI=1S/C21H24O6/c1-20(24)18(19(23)25-14-8-13-22)15-21(27-26-20,16-9-4-2-5-10-16)17-11-6-3-7-12-17/h2-7,9-12,18,22,24H,8,13-15H2,1H3. The van der Waals surface area contributed by atoms with Gasteiger partial charge in [-0.25, -0.2) is 4.89 Å². The Morgan fingerprint density at radius 2 is 1.63 bits per heavy atom. The second-order valence-electron chi connectivity index (χ2n) is 6.78. The molecule has 3 rings (SSSR count). The number of hydrogen-bond donors (Lipinski definition) is 2. The van der Waals surface area contributed by atoms with Gasteiger partial charge in [-0.1, -0.05) is 60.7 Å². The van der Waals surface area contributed by atoms with E-state index in [-0.39, 0.29) is 19.6 Å². The predicted octanol–water partition coefficient (Wildman–Crippen LogP) is 2.53. The number of aliphatic hydroxyl groups excluding tert-OH is 1. The van der Waals surface area contributed by atoms with Gasteiger partial charge < -0.3 is 14.9 Å². The molecule has 0 radical (unpaired) electrons. The molecule has 2 aromatic rings. The highest BCUT2D eigenvalue weighted by Gasteiger charge is 2.54. The molecule has 1 fully saturated rings. The van der Waals surface area contributed by atoms with Crippen molar-refractivity contribution in [3.8, 4) is 0 Å². The van der Waals surface area contributed by atoms with Crippen molar-refractivity contribution in [2.75, 3.05) is 13.2 Å².